The van der Waals surface area contributed by atoms with Gasteiger partial charge in [0.1, 0.15) is 0 Å². The Hall–Kier alpha value is -0.650. The van der Waals surface area contributed by atoms with E-state index in [1.165, 1.54) is 0 Å². The summed E-state index contributed by atoms with van der Waals surface area (Å²) in [7, 11) is 1.68. The summed E-state index contributed by atoms with van der Waals surface area (Å²) in [6, 6.07) is 0. The highest BCUT2D eigenvalue weighted by Gasteiger charge is 2.44. The maximum atomic E-state index is 12.9. The third-order valence-corrected chi connectivity index (χ3v) is 4.15. The summed E-state index contributed by atoms with van der Waals surface area (Å²) in [5.41, 5.74) is -0.581. The number of nitrogens with zero attached hydrogens (tertiary/aromatic N) is 1. The fraction of sp³-hybridized carbons (Fsp3) is 0.929. The Labute approximate surface area is 115 Å². The van der Waals surface area contributed by atoms with Crippen LogP contribution < -0.4 is 5.32 Å². The van der Waals surface area contributed by atoms with Crippen molar-refractivity contribution in [2.75, 3.05) is 46.5 Å². The summed E-state index contributed by atoms with van der Waals surface area (Å²) in [4.78, 5) is 14.9. The molecule has 0 unspecified atom stereocenters. The van der Waals surface area contributed by atoms with Gasteiger partial charge in [0.25, 0.3) is 0 Å². The predicted molar refractivity (Wildman–Crippen MR) is 73.0 cm³/mol. The standard InChI is InChI=1S/C14H26N2O3/c1-13(2)10-16(8-9-19-13)12(17)14(11-18-3)4-6-15-7-5-14/h15H,4-11H2,1-3H3. The number of nitrogens with one attached hydrogen (secondary N) is 1. The molecule has 2 saturated heterocycles. The van der Waals surface area contributed by atoms with E-state index in [-0.39, 0.29) is 16.9 Å². The molecule has 0 aliphatic carbocycles. The van der Waals surface area contributed by atoms with Gasteiger partial charge in [-0.05, 0) is 39.8 Å². The maximum Gasteiger partial charge on any atom is 0.231 e. The van der Waals surface area contributed by atoms with Gasteiger partial charge in [-0.1, -0.05) is 0 Å². The van der Waals surface area contributed by atoms with E-state index in [1.54, 1.807) is 7.11 Å². The van der Waals surface area contributed by atoms with Crippen molar-refractivity contribution in [1.29, 1.82) is 0 Å². The largest absolute Gasteiger partial charge is 0.384 e. The molecule has 0 aromatic rings. The van der Waals surface area contributed by atoms with Gasteiger partial charge >= 0.3 is 0 Å². The van der Waals surface area contributed by atoms with Crippen molar-refractivity contribution < 1.29 is 14.3 Å². The zero-order valence-electron chi connectivity index (χ0n) is 12.3. The van der Waals surface area contributed by atoms with Crippen molar-refractivity contribution in [2.24, 2.45) is 5.41 Å². The van der Waals surface area contributed by atoms with E-state index < -0.39 is 0 Å². The molecule has 19 heavy (non-hydrogen) atoms. The summed E-state index contributed by atoms with van der Waals surface area (Å²) in [5, 5.41) is 3.32. The Bertz CT molecular complexity index is 319. The number of methoxy groups -OCH3 is 1. The molecule has 0 aromatic heterocycles. The fourth-order valence-corrected chi connectivity index (χ4v) is 3.13. The van der Waals surface area contributed by atoms with Gasteiger partial charge in [-0.3, -0.25) is 4.79 Å². The van der Waals surface area contributed by atoms with Gasteiger partial charge in [0, 0.05) is 20.2 Å². The number of amides is 1. The molecule has 2 aliphatic heterocycles. The number of rotatable bonds is 3. The fourth-order valence-electron chi connectivity index (χ4n) is 3.13. The van der Waals surface area contributed by atoms with E-state index in [2.05, 4.69) is 5.32 Å². The maximum absolute atomic E-state index is 12.9. The molecular weight excluding hydrogens is 244 g/mol. The van der Waals surface area contributed by atoms with Crippen molar-refractivity contribution in [3.05, 3.63) is 0 Å². The topological polar surface area (TPSA) is 50.8 Å². The summed E-state index contributed by atoms with van der Waals surface area (Å²) in [6.45, 7) is 8.37. The molecule has 1 amide bonds. The third kappa shape index (κ3) is 3.27. The van der Waals surface area contributed by atoms with Gasteiger partial charge in [-0.2, -0.15) is 0 Å². The van der Waals surface area contributed by atoms with Crippen LogP contribution in [0.2, 0.25) is 0 Å². The Morgan fingerprint density at radius 3 is 2.63 bits per heavy atom. The average molecular weight is 270 g/mol. The first-order valence-corrected chi connectivity index (χ1v) is 7.12. The summed E-state index contributed by atoms with van der Waals surface area (Å²) < 4.78 is 11.0. The minimum absolute atomic E-state index is 0.241. The van der Waals surface area contributed by atoms with Gasteiger partial charge in [-0.25, -0.2) is 0 Å². The van der Waals surface area contributed by atoms with Gasteiger partial charge in [-0.15, -0.1) is 0 Å². The number of ether oxygens (including phenoxy) is 2. The van der Waals surface area contributed by atoms with Crippen LogP contribution in [0.25, 0.3) is 0 Å². The molecule has 2 rings (SSSR count). The quantitative estimate of drug-likeness (QED) is 0.818. The molecule has 0 saturated carbocycles. The molecule has 110 valence electrons. The van der Waals surface area contributed by atoms with E-state index in [9.17, 15) is 4.79 Å². The lowest BCUT2D eigenvalue weighted by molar-refractivity contribution is -0.161. The number of carbonyl (C=O) groups excluding carboxylic acids is 1. The van der Waals surface area contributed by atoms with E-state index >= 15 is 0 Å². The second-order valence-electron chi connectivity index (χ2n) is 6.30. The predicted octanol–water partition coefficient (Wildman–Crippen LogP) is 0.640. The number of piperidine rings is 1. The molecule has 2 heterocycles. The molecule has 0 bridgehead atoms. The van der Waals surface area contributed by atoms with Crippen LogP contribution in [0.3, 0.4) is 0 Å². The number of morpholine rings is 1. The number of hydrogen-bond acceptors (Lipinski definition) is 4. The molecule has 0 atom stereocenters. The average Bonchev–Trinajstić information content (AvgIpc) is 2.38. The van der Waals surface area contributed by atoms with Gasteiger partial charge in [0.15, 0.2) is 0 Å². The summed E-state index contributed by atoms with van der Waals surface area (Å²) in [5.74, 6) is 0.243. The third-order valence-electron chi connectivity index (χ3n) is 4.15. The second kappa shape index (κ2) is 5.77. The summed E-state index contributed by atoms with van der Waals surface area (Å²) in [6.07, 6.45) is 1.72. The zero-order chi connectivity index (χ0) is 13.9. The van der Waals surface area contributed by atoms with Crippen LogP contribution in [-0.4, -0.2) is 62.9 Å². The van der Waals surface area contributed by atoms with Crippen molar-refractivity contribution in [3.63, 3.8) is 0 Å². The van der Waals surface area contributed by atoms with Gasteiger partial charge < -0.3 is 19.7 Å². The van der Waals surface area contributed by atoms with Crippen molar-refractivity contribution in [1.82, 2.24) is 10.2 Å². The molecule has 2 fully saturated rings. The van der Waals surface area contributed by atoms with Gasteiger partial charge in [0.05, 0.1) is 24.2 Å². The minimum Gasteiger partial charge on any atom is -0.384 e. The van der Waals surface area contributed by atoms with E-state index in [0.29, 0.717) is 26.3 Å². The van der Waals surface area contributed by atoms with E-state index in [4.69, 9.17) is 9.47 Å². The van der Waals surface area contributed by atoms with Crippen LogP contribution >= 0.6 is 0 Å². The van der Waals surface area contributed by atoms with Crippen LogP contribution in [0, 0.1) is 5.41 Å². The van der Waals surface area contributed by atoms with Crippen LogP contribution in [0.5, 0.6) is 0 Å². The molecule has 0 spiro atoms. The molecule has 0 aromatic carbocycles. The van der Waals surface area contributed by atoms with Crippen LogP contribution in [0.15, 0.2) is 0 Å². The van der Waals surface area contributed by atoms with Crippen LogP contribution in [-0.2, 0) is 14.3 Å². The monoisotopic (exact) mass is 270 g/mol. The molecule has 5 nitrogen and oxygen atoms in total. The highest BCUT2D eigenvalue weighted by molar-refractivity contribution is 5.83. The second-order valence-corrected chi connectivity index (χ2v) is 6.30. The lowest BCUT2D eigenvalue weighted by Crippen LogP contribution is -2.57. The Kier molecular flexibility index (Phi) is 4.48. The van der Waals surface area contributed by atoms with E-state index in [1.807, 2.05) is 18.7 Å². The van der Waals surface area contributed by atoms with E-state index in [0.717, 1.165) is 25.9 Å². The lowest BCUT2D eigenvalue weighted by atomic mass is 9.78. The van der Waals surface area contributed by atoms with Crippen LogP contribution in [0.4, 0.5) is 0 Å². The highest BCUT2D eigenvalue weighted by Crippen LogP contribution is 2.33. The van der Waals surface area contributed by atoms with Crippen molar-refractivity contribution in [3.8, 4) is 0 Å². The molecule has 2 aliphatic rings. The highest BCUT2D eigenvalue weighted by atomic mass is 16.5. The van der Waals surface area contributed by atoms with Crippen molar-refractivity contribution in [2.45, 2.75) is 32.3 Å². The van der Waals surface area contributed by atoms with Crippen molar-refractivity contribution >= 4 is 5.91 Å². The smallest absolute Gasteiger partial charge is 0.231 e. The normalized spacial score (nSPS) is 26.2. The first-order valence-electron chi connectivity index (χ1n) is 7.12. The molecule has 0 radical (unpaired) electrons. The van der Waals surface area contributed by atoms with Gasteiger partial charge in [0.2, 0.25) is 5.91 Å². The first kappa shape index (κ1) is 14.8. The zero-order valence-corrected chi connectivity index (χ0v) is 12.3. The molecule has 1 N–H and O–H groups in total. The van der Waals surface area contributed by atoms with Crippen LogP contribution in [0.1, 0.15) is 26.7 Å². The Morgan fingerprint density at radius 1 is 1.37 bits per heavy atom. The Balaban J connectivity index is 2.10. The molecule has 5 heteroatoms. The SMILES string of the molecule is COCC1(C(=O)N2CCOC(C)(C)C2)CCNCC1. The minimum atomic E-state index is -0.340. The lowest BCUT2D eigenvalue weighted by Gasteiger charge is -2.44. The number of hydrogen-bond donors (Lipinski definition) is 1. The summed E-state index contributed by atoms with van der Waals surface area (Å²) >= 11 is 0. The number of carbonyl (C=O) groups is 1. The molecular formula is C14H26N2O3. The Morgan fingerprint density at radius 2 is 2.05 bits per heavy atom. The first-order chi connectivity index (χ1) is 8.99.